The van der Waals surface area contributed by atoms with Crippen LogP contribution >= 0.6 is 0 Å². The molecule has 0 aliphatic carbocycles. The number of fused-ring (bicyclic) bond motifs is 1. The van der Waals surface area contributed by atoms with Crippen LogP contribution in [0.25, 0.3) is 0 Å². The minimum atomic E-state index is -0.342. The quantitative estimate of drug-likeness (QED) is 0.885. The monoisotopic (exact) mass is 351 g/mol. The topological polar surface area (TPSA) is 70.7 Å². The van der Waals surface area contributed by atoms with Crippen molar-refractivity contribution in [1.29, 1.82) is 0 Å². The van der Waals surface area contributed by atoms with Gasteiger partial charge in [0.15, 0.2) is 0 Å². The molecular weight excluding hydrogens is 330 g/mol. The van der Waals surface area contributed by atoms with E-state index in [4.69, 9.17) is 4.74 Å². The third kappa shape index (κ3) is 3.34. The predicted octanol–water partition coefficient (Wildman–Crippen LogP) is 1.82. The van der Waals surface area contributed by atoms with E-state index in [2.05, 4.69) is 16.7 Å². The summed E-state index contributed by atoms with van der Waals surface area (Å²) in [6.07, 6.45) is 0.881. The van der Waals surface area contributed by atoms with Crippen LogP contribution in [0.5, 0.6) is 0 Å². The fourth-order valence-electron chi connectivity index (χ4n) is 3.36. The second-order valence-corrected chi connectivity index (χ2v) is 6.48. The molecule has 0 saturated carbocycles. The highest BCUT2D eigenvalue weighted by Crippen LogP contribution is 2.29. The van der Waals surface area contributed by atoms with Crippen LogP contribution in [0, 0.1) is 0 Å². The molecule has 2 aromatic carbocycles. The number of ether oxygens (including phenoxy) is 1. The number of nitrogens with zero attached hydrogens (tertiary/aromatic N) is 1. The molecular formula is C20H21N3O3. The number of carbonyl (C=O) groups is 2. The number of nitrogens with one attached hydrogen (secondary N) is 2. The molecule has 2 aliphatic rings. The summed E-state index contributed by atoms with van der Waals surface area (Å²) in [7, 11) is 0. The Balaban J connectivity index is 1.43. The predicted molar refractivity (Wildman–Crippen MR) is 99.5 cm³/mol. The van der Waals surface area contributed by atoms with Gasteiger partial charge in [0.05, 0.1) is 13.2 Å². The summed E-state index contributed by atoms with van der Waals surface area (Å²) in [6.45, 7) is 2.36. The fraction of sp³-hybridized carbons (Fsp3) is 0.300. The molecule has 2 amide bonds. The van der Waals surface area contributed by atoms with Crippen LogP contribution in [-0.4, -0.2) is 44.2 Å². The van der Waals surface area contributed by atoms with E-state index in [1.54, 1.807) is 24.3 Å². The standard InChI is InChI=1S/C20H21N3O3/c24-19(17-13-26-12-10-21-17)22-16-7-5-15(6-8-16)20(25)23-11-9-14-3-1-2-4-18(14)23/h1-8,17,21H,9-13H2,(H,22,24). The zero-order valence-corrected chi connectivity index (χ0v) is 14.4. The van der Waals surface area contributed by atoms with Crippen molar-refractivity contribution in [3.63, 3.8) is 0 Å². The van der Waals surface area contributed by atoms with Crippen LogP contribution in [0.3, 0.4) is 0 Å². The van der Waals surface area contributed by atoms with Gasteiger partial charge in [-0.3, -0.25) is 9.59 Å². The molecule has 2 heterocycles. The minimum absolute atomic E-state index is 0.0184. The average molecular weight is 351 g/mol. The van der Waals surface area contributed by atoms with Crippen molar-refractivity contribution in [3.8, 4) is 0 Å². The van der Waals surface area contributed by atoms with Gasteiger partial charge in [-0.25, -0.2) is 0 Å². The van der Waals surface area contributed by atoms with E-state index in [0.717, 1.165) is 12.1 Å². The Morgan fingerprint density at radius 2 is 1.92 bits per heavy atom. The van der Waals surface area contributed by atoms with Crippen molar-refractivity contribution < 1.29 is 14.3 Å². The highest BCUT2D eigenvalue weighted by atomic mass is 16.5. The summed E-state index contributed by atoms with van der Waals surface area (Å²) in [4.78, 5) is 26.8. The van der Waals surface area contributed by atoms with E-state index >= 15 is 0 Å². The third-order valence-electron chi connectivity index (χ3n) is 4.77. The lowest BCUT2D eigenvalue weighted by Crippen LogP contribution is -2.48. The number of hydrogen-bond donors (Lipinski definition) is 2. The van der Waals surface area contributed by atoms with Gasteiger partial charge in [-0.05, 0) is 42.3 Å². The highest BCUT2D eigenvalue weighted by Gasteiger charge is 2.25. The third-order valence-corrected chi connectivity index (χ3v) is 4.77. The number of anilines is 2. The Morgan fingerprint density at radius 1 is 1.12 bits per heavy atom. The number of carbonyl (C=O) groups excluding carboxylic acids is 2. The number of para-hydroxylation sites is 1. The van der Waals surface area contributed by atoms with Gasteiger partial charge >= 0.3 is 0 Å². The van der Waals surface area contributed by atoms with Gasteiger partial charge in [-0.2, -0.15) is 0 Å². The molecule has 6 heteroatoms. The number of rotatable bonds is 3. The smallest absolute Gasteiger partial charge is 0.258 e. The van der Waals surface area contributed by atoms with E-state index in [-0.39, 0.29) is 17.9 Å². The Hall–Kier alpha value is -2.70. The second-order valence-electron chi connectivity index (χ2n) is 6.48. The van der Waals surface area contributed by atoms with Crippen molar-refractivity contribution in [1.82, 2.24) is 5.32 Å². The lowest BCUT2D eigenvalue weighted by molar-refractivity contribution is -0.120. The second kappa shape index (κ2) is 7.27. The Bertz CT molecular complexity index is 813. The molecule has 134 valence electrons. The molecule has 0 bridgehead atoms. The van der Waals surface area contributed by atoms with E-state index < -0.39 is 0 Å². The largest absolute Gasteiger partial charge is 0.378 e. The highest BCUT2D eigenvalue weighted by molar-refractivity contribution is 6.07. The molecule has 1 atom stereocenters. The van der Waals surface area contributed by atoms with Crippen LogP contribution in [0.15, 0.2) is 48.5 Å². The average Bonchev–Trinajstić information content (AvgIpc) is 3.13. The van der Waals surface area contributed by atoms with Crippen molar-refractivity contribution in [2.75, 3.05) is 36.5 Å². The molecule has 2 N–H and O–H groups in total. The molecule has 1 saturated heterocycles. The van der Waals surface area contributed by atoms with E-state index in [9.17, 15) is 9.59 Å². The SMILES string of the molecule is O=C(Nc1ccc(C(=O)N2CCc3ccccc32)cc1)C1COCCN1. The normalized spacial score (nSPS) is 19.1. The van der Waals surface area contributed by atoms with Gasteiger partial charge < -0.3 is 20.3 Å². The summed E-state index contributed by atoms with van der Waals surface area (Å²) < 4.78 is 5.30. The van der Waals surface area contributed by atoms with Gasteiger partial charge in [0.1, 0.15) is 6.04 Å². The van der Waals surface area contributed by atoms with Crippen molar-refractivity contribution in [3.05, 3.63) is 59.7 Å². The van der Waals surface area contributed by atoms with Crippen LogP contribution in [0.1, 0.15) is 15.9 Å². The summed E-state index contributed by atoms with van der Waals surface area (Å²) >= 11 is 0. The van der Waals surface area contributed by atoms with Crippen LogP contribution in [0.4, 0.5) is 11.4 Å². The summed E-state index contributed by atoms with van der Waals surface area (Å²) in [5.41, 5.74) is 3.46. The summed E-state index contributed by atoms with van der Waals surface area (Å²) in [5, 5.41) is 5.97. The minimum Gasteiger partial charge on any atom is -0.378 e. The van der Waals surface area contributed by atoms with Gasteiger partial charge in [0, 0.05) is 30.0 Å². The molecule has 0 radical (unpaired) electrons. The van der Waals surface area contributed by atoms with Crippen molar-refractivity contribution in [2.45, 2.75) is 12.5 Å². The molecule has 1 unspecified atom stereocenters. The van der Waals surface area contributed by atoms with Crippen molar-refractivity contribution in [2.24, 2.45) is 0 Å². The maximum atomic E-state index is 12.8. The Labute approximate surface area is 152 Å². The van der Waals surface area contributed by atoms with Gasteiger partial charge in [0.2, 0.25) is 5.91 Å². The first-order valence-electron chi connectivity index (χ1n) is 8.84. The molecule has 0 aromatic heterocycles. The molecule has 2 aliphatic heterocycles. The molecule has 1 fully saturated rings. The molecule has 26 heavy (non-hydrogen) atoms. The maximum absolute atomic E-state index is 12.8. The number of hydrogen-bond acceptors (Lipinski definition) is 4. The zero-order valence-electron chi connectivity index (χ0n) is 14.4. The van der Waals surface area contributed by atoms with E-state index in [1.165, 1.54) is 5.56 Å². The Kier molecular flexibility index (Phi) is 4.69. The fourth-order valence-corrected chi connectivity index (χ4v) is 3.36. The van der Waals surface area contributed by atoms with Crippen LogP contribution in [-0.2, 0) is 16.0 Å². The first-order valence-corrected chi connectivity index (χ1v) is 8.84. The summed E-state index contributed by atoms with van der Waals surface area (Å²) in [5.74, 6) is -0.146. The zero-order chi connectivity index (χ0) is 17.9. The van der Waals surface area contributed by atoms with Crippen LogP contribution < -0.4 is 15.5 Å². The molecule has 4 rings (SSSR count). The van der Waals surface area contributed by atoms with Crippen molar-refractivity contribution >= 4 is 23.2 Å². The Morgan fingerprint density at radius 3 is 2.69 bits per heavy atom. The molecule has 2 aromatic rings. The van der Waals surface area contributed by atoms with E-state index in [0.29, 0.717) is 37.6 Å². The van der Waals surface area contributed by atoms with Gasteiger partial charge in [-0.15, -0.1) is 0 Å². The van der Waals surface area contributed by atoms with Gasteiger partial charge in [-0.1, -0.05) is 18.2 Å². The van der Waals surface area contributed by atoms with Gasteiger partial charge in [0.25, 0.3) is 5.91 Å². The van der Waals surface area contributed by atoms with E-state index in [1.807, 2.05) is 23.1 Å². The lowest BCUT2D eigenvalue weighted by Gasteiger charge is -2.23. The first-order chi connectivity index (χ1) is 12.7. The molecule has 0 spiro atoms. The number of morpholine rings is 1. The summed E-state index contributed by atoms with van der Waals surface area (Å²) in [6, 6.07) is 14.7. The maximum Gasteiger partial charge on any atom is 0.258 e. The number of benzene rings is 2. The molecule has 6 nitrogen and oxygen atoms in total. The number of amides is 2. The lowest BCUT2D eigenvalue weighted by atomic mass is 10.1. The van der Waals surface area contributed by atoms with Crippen LogP contribution in [0.2, 0.25) is 0 Å². The first kappa shape index (κ1) is 16.8.